The zero-order valence-corrected chi connectivity index (χ0v) is 29.6. The van der Waals surface area contributed by atoms with Gasteiger partial charge in [-0.1, -0.05) is 158 Å². The van der Waals surface area contributed by atoms with Crippen LogP contribution in [0.5, 0.6) is 0 Å². The van der Waals surface area contributed by atoms with E-state index in [1.54, 1.807) is 0 Å². The third-order valence-corrected chi connectivity index (χ3v) is 10.7. The molecule has 0 radical (unpaired) electrons. The molecule has 0 saturated heterocycles. The summed E-state index contributed by atoms with van der Waals surface area (Å²) in [5.74, 6) is 1.90. The van der Waals surface area contributed by atoms with E-state index >= 15 is 0 Å². The van der Waals surface area contributed by atoms with Gasteiger partial charge in [0.25, 0.3) is 0 Å². The maximum atomic E-state index is 6.74. The van der Waals surface area contributed by atoms with Crippen molar-refractivity contribution in [1.82, 2.24) is 15.0 Å². The normalized spacial score (nSPS) is 11.6. The molecule has 256 valence electrons. The summed E-state index contributed by atoms with van der Waals surface area (Å²) in [5, 5.41) is 9.18. The van der Waals surface area contributed by atoms with Gasteiger partial charge in [-0.3, -0.25) is 0 Å². The van der Waals surface area contributed by atoms with Crippen LogP contribution in [0.1, 0.15) is 0 Å². The Bertz CT molecular complexity index is 3160. The van der Waals surface area contributed by atoms with Crippen LogP contribution in [0.25, 0.3) is 111 Å². The number of hydrogen-bond donors (Lipinski definition) is 0. The second kappa shape index (κ2) is 12.6. The standard InChI is InChI=1S/C51H31N3O/c1-2-12-34(13-3-1)44-27-26-43(47-45-30-39-16-8-9-17-40(39)31-46(45)55-48(44)47)35-20-22-36(23-21-35)49-52-50(41-24-18-32-10-4-6-14-37(32)28-41)54-51(53-49)42-25-19-33-11-5-7-15-38(33)29-42/h1-31H. The third-order valence-electron chi connectivity index (χ3n) is 10.7. The average molecular weight is 702 g/mol. The lowest BCUT2D eigenvalue weighted by Gasteiger charge is -2.11. The molecule has 11 aromatic rings. The molecule has 55 heavy (non-hydrogen) atoms. The lowest BCUT2D eigenvalue weighted by atomic mass is 9.93. The number of nitrogens with zero attached hydrogens (tertiary/aromatic N) is 3. The predicted octanol–water partition coefficient (Wildman–Crippen LogP) is 13.6. The van der Waals surface area contributed by atoms with Crippen molar-refractivity contribution in [3.63, 3.8) is 0 Å². The minimum atomic E-state index is 0.623. The van der Waals surface area contributed by atoms with Crippen LogP contribution in [-0.4, -0.2) is 15.0 Å². The zero-order chi connectivity index (χ0) is 36.3. The SMILES string of the molecule is c1ccc(-c2ccc(-c3ccc(-c4nc(-c5ccc6ccccc6c5)nc(-c5ccc6ccccc6c5)n4)cc3)c3c2oc2cc4ccccc4cc23)cc1. The lowest BCUT2D eigenvalue weighted by Crippen LogP contribution is -2.00. The third kappa shape index (κ3) is 5.43. The fourth-order valence-corrected chi connectivity index (χ4v) is 7.87. The van der Waals surface area contributed by atoms with Gasteiger partial charge >= 0.3 is 0 Å². The van der Waals surface area contributed by atoms with Gasteiger partial charge in [0.15, 0.2) is 17.5 Å². The van der Waals surface area contributed by atoms with Crippen LogP contribution in [-0.2, 0) is 0 Å². The molecule has 11 rings (SSSR count). The molecule has 0 saturated carbocycles. The summed E-state index contributed by atoms with van der Waals surface area (Å²) in [5.41, 5.74) is 8.96. The zero-order valence-electron chi connectivity index (χ0n) is 29.6. The average Bonchev–Trinajstić information content (AvgIpc) is 3.63. The van der Waals surface area contributed by atoms with E-state index < -0.39 is 0 Å². The first kappa shape index (κ1) is 31.1. The highest BCUT2D eigenvalue weighted by Gasteiger charge is 2.19. The van der Waals surface area contributed by atoms with Crippen LogP contribution < -0.4 is 0 Å². The molecule has 4 heteroatoms. The minimum absolute atomic E-state index is 0.623. The molecule has 0 fully saturated rings. The van der Waals surface area contributed by atoms with E-state index in [9.17, 15) is 0 Å². The fraction of sp³-hybridized carbons (Fsp3) is 0. The van der Waals surface area contributed by atoms with Gasteiger partial charge in [0.05, 0.1) is 0 Å². The first-order valence-corrected chi connectivity index (χ1v) is 18.5. The van der Waals surface area contributed by atoms with Crippen molar-refractivity contribution in [2.45, 2.75) is 0 Å². The maximum Gasteiger partial charge on any atom is 0.164 e. The molecule has 0 aliphatic rings. The highest BCUT2D eigenvalue weighted by atomic mass is 16.3. The van der Waals surface area contributed by atoms with E-state index in [0.29, 0.717) is 17.5 Å². The Hall–Kier alpha value is -7.43. The number of furan rings is 1. The summed E-state index contributed by atoms with van der Waals surface area (Å²) < 4.78 is 6.74. The second-order valence-corrected chi connectivity index (χ2v) is 14.0. The van der Waals surface area contributed by atoms with Crippen LogP contribution in [0.2, 0.25) is 0 Å². The van der Waals surface area contributed by atoms with Gasteiger partial charge in [0.1, 0.15) is 11.2 Å². The van der Waals surface area contributed by atoms with Crippen molar-refractivity contribution in [2.75, 3.05) is 0 Å². The van der Waals surface area contributed by atoms with Gasteiger partial charge in [0.2, 0.25) is 0 Å². The molecule has 0 spiro atoms. The Morgan fingerprint density at radius 3 is 1.35 bits per heavy atom. The molecule has 9 aromatic carbocycles. The first-order chi connectivity index (χ1) is 27.2. The Morgan fingerprint density at radius 2 is 0.745 bits per heavy atom. The molecule has 4 nitrogen and oxygen atoms in total. The molecule has 0 amide bonds. The molecule has 0 aliphatic carbocycles. The van der Waals surface area contributed by atoms with Gasteiger partial charge in [-0.15, -0.1) is 0 Å². The van der Waals surface area contributed by atoms with Crippen molar-refractivity contribution < 1.29 is 4.42 Å². The topological polar surface area (TPSA) is 51.8 Å². The summed E-state index contributed by atoms with van der Waals surface area (Å²) in [4.78, 5) is 15.2. The second-order valence-electron chi connectivity index (χ2n) is 14.0. The van der Waals surface area contributed by atoms with E-state index in [4.69, 9.17) is 19.4 Å². The van der Waals surface area contributed by atoms with Crippen molar-refractivity contribution in [1.29, 1.82) is 0 Å². The Balaban J connectivity index is 1.07. The number of benzene rings is 9. The van der Waals surface area contributed by atoms with Gasteiger partial charge in [-0.2, -0.15) is 0 Å². The fourth-order valence-electron chi connectivity index (χ4n) is 7.87. The predicted molar refractivity (Wildman–Crippen MR) is 227 cm³/mol. The molecule has 2 heterocycles. The monoisotopic (exact) mass is 701 g/mol. The summed E-state index contributed by atoms with van der Waals surface area (Å²) in [7, 11) is 0. The van der Waals surface area contributed by atoms with Gasteiger partial charge in [-0.05, 0) is 79.3 Å². The van der Waals surface area contributed by atoms with Gasteiger partial charge in [-0.25, -0.2) is 15.0 Å². The smallest absolute Gasteiger partial charge is 0.164 e. The van der Waals surface area contributed by atoms with E-state index in [1.165, 1.54) is 16.2 Å². The highest BCUT2D eigenvalue weighted by Crippen LogP contribution is 2.43. The summed E-state index contributed by atoms with van der Waals surface area (Å²) in [6.07, 6.45) is 0. The summed E-state index contributed by atoms with van der Waals surface area (Å²) in [6.45, 7) is 0. The first-order valence-electron chi connectivity index (χ1n) is 18.5. The molecular weight excluding hydrogens is 671 g/mol. The molecule has 0 unspecified atom stereocenters. The van der Waals surface area contributed by atoms with E-state index in [0.717, 1.165) is 77.0 Å². The maximum absolute atomic E-state index is 6.74. The van der Waals surface area contributed by atoms with Crippen LogP contribution >= 0.6 is 0 Å². The highest BCUT2D eigenvalue weighted by molar-refractivity contribution is 6.18. The lowest BCUT2D eigenvalue weighted by molar-refractivity contribution is 0.670. The summed E-state index contributed by atoms with van der Waals surface area (Å²) >= 11 is 0. The molecule has 0 atom stereocenters. The van der Waals surface area contributed by atoms with Crippen LogP contribution in [0.15, 0.2) is 192 Å². The molecule has 0 bridgehead atoms. The van der Waals surface area contributed by atoms with Crippen LogP contribution in [0.4, 0.5) is 0 Å². The van der Waals surface area contributed by atoms with Crippen molar-refractivity contribution >= 4 is 54.3 Å². The van der Waals surface area contributed by atoms with Gasteiger partial charge < -0.3 is 4.42 Å². The largest absolute Gasteiger partial charge is 0.455 e. The van der Waals surface area contributed by atoms with Crippen molar-refractivity contribution in [3.05, 3.63) is 188 Å². The van der Waals surface area contributed by atoms with Crippen molar-refractivity contribution in [3.8, 4) is 56.4 Å². The number of rotatable bonds is 5. The van der Waals surface area contributed by atoms with E-state index in [2.05, 4.69) is 182 Å². The van der Waals surface area contributed by atoms with E-state index in [-0.39, 0.29) is 0 Å². The van der Waals surface area contributed by atoms with Crippen molar-refractivity contribution in [2.24, 2.45) is 0 Å². The number of hydrogen-bond acceptors (Lipinski definition) is 4. The molecule has 0 N–H and O–H groups in total. The molecule has 0 aliphatic heterocycles. The Morgan fingerprint density at radius 1 is 0.309 bits per heavy atom. The Labute approximate surface area is 317 Å². The van der Waals surface area contributed by atoms with Crippen LogP contribution in [0, 0.1) is 0 Å². The van der Waals surface area contributed by atoms with Gasteiger partial charge in [0, 0.05) is 33.0 Å². The number of fused-ring (bicyclic) bond motifs is 6. The van der Waals surface area contributed by atoms with Crippen LogP contribution in [0.3, 0.4) is 0 Å². The minimum Gasteiger partial charge on any atom is -0.455 e. The molecular formula is C51H31N3O. The van der Waals surface area contributed by atoms with E-state index in [1.807, 2.05) is 6.07 Å². The summed E-state index contributed by atoms with van der Waals surface area (Å²) in [6, 6.07) is 65.8. The Kier molecular flexibility index (Phi) is 7.14. The number of aromatic nitrogens is 3. The molecule has 2 aromatic heterocycles. The quantitative estimate of drug-likeness (QED) is 0.179.